The maximum absolute atomic E-state index is 14.1. The lowest BCUT2D eigenvalue weighted by Crippen LogP contribution is -2.46. The molecule has 3 aliphatic carbocycles. The van der Waals surface area contributed by atoms with E-state index in [0.29, 0.717) is 47.4 Å². The van der Waals surface area contributed by atoms with Crippen LogP contribution in [0.5, 0.6) is 5.75 Å². The third-order valence-corrected chi connectivity index (χ3v) is 8.87. The fraction of sp³-hybridized carbons (Fsp3) is 0.355. The average Bonchev–Trinajstić information content (AvgIpc) is 3.54. The zero-order valence-electron chi connectivity index (χ0n) is 22.2. The average molecular weight is 540 g/mol. The molecule has 2 N–H and O–H groups in total. The molecule has 0 aliphatic heterocycles. The van der Waals surface area contributed by atoms with Crippen LogP contribution in [0.3, 0.4) is 0 Å². The Morgan fingerprint density at radius 1 is 1.10 bits per heavy atom. The summed E-state index contributed by atoms with van der Waals surface area (Å²) in [6.45, 7) is 2.87. The topological polar surface area (TPSA) is 106 Å². The van der Waals surface area contributed by atoms with Crippen LogP contribution in [0, 0.1) is 29.5 Å². The minimum absolute atomic E-state index is 0.0878. The van der Waals surface area contributed by atoms with E-state index in [0.717, 1.165) is 47.8 Å². The highest BCUT2D eigenvalue weighted by Crippen LogP contribution is 2.50. The van der Waals surface area contributed by atoms with Crippen molar-refractivity contribution >= 4 is 28.0 Å². The van der Waals surface area contributed by atoms with Gasteiger partial charge in [0.15, 0.2) is 5.82 Å². The highest BCUT2D eigenvalue weighted by Gasteiger charge is 2.47. The van der Waals surface area contributed by atoms with Gasteiger partial charge in [-0.05, 0) is 74.1 Å². The number of aromatic hydroxyl groups is 1. The van der Waals surface area contributed by atoms with E-state index < -0.39 is 5.82 Å². The van der Waals surface area contributed by atoms with Gasteiger partial charge < -0.3 is 19.4 Å². The number of phenols is 1. The molecule has 3 aliphatic rings. The van der Waals surface area contributed by atoms with Gasteiger partial charge in [0.2, 0.25) is 0 Å². The van der Waals surface area contributed by atoms with E-state index in [1.54, 1.807) is 24.5 Å². The summed E-state index contributed by atoms with van der Waals surface area (Å²) in [6, 6.07) is 8.56. The molecule has 5 aromatic rings. The molecule has 4 aromatic heterocycles. The molecule has 1 aromatic carbocycles. The summed E-state index contributed by atoms with van der Waals surface area (Å²) in [5.74, 6) is 0.931. The van der Waals surface area contributed by atoms with Gasteiger partial charge in [-0.3, -0.25) is 4.79 Å². The second-order valence-electron chi connectivity index (χ2n) is 11.0. The van der Waals surface area contributed by atoms with E-state index >= 15 is 0 Å². The molecular weight excluding hydrogens is 509 g/mol. The highest BCUT2D eigenvalue weighted by molar-refractivity contribution is 5.96. The lowest BCUT2D eigenvalue weighted by molar-refractivity contribution is -0.159. The molecule has 4 heterocycles. The van der Waals surface area contributed by atoms with Crippen LogP contribution in [0.1, 0.15) is 32.6 Å². The standard InChI is InChI=1S/C31H30FN5O3/c1-2-40-31(39)27-18-8-6-17(7-9-18)26(27)16-37-15-25(19-4-3-5-21(38)10-19)24-14-35-29(36-30(24)37)23-13-34-28-22(23)11-20(32)12-33-28/h3-5,10-15,17-18,26-27,38H,2,6-9,16H2,1H3,(H,33,34)/t17?,18?,26-,27-/m1/s1. The predicted molar refractivity (Wildman–Crippen MR) is 149 cm³/mol. The van der Waals surface area contributed by atoms with Gasteiger partial charge in [0.05, 0.1) is 18.7 Å². The number of carbonyl (C=O) groups is 1. The van der Waals surface area contributed by atoms with Gasteiger partial charge in [-0.25, -0.2) is 19.3 Å². The normalized spacial score (nSPS) is 22.2. The van der Waals surface area contributed by atoms with Crippen molar-refractivity contribution < 1.29 is 19.0 Å². The lowest BCUT2D eigenvalue weighted by atomic mass is 9.58. The van der Waals surface area contributed by atoms with Crippen LogP contribution in [0.4, 0.5) is 4.39 Å². The van der Waals surface area contributed by atoms with Crippen LogP contribution >= 0.6 is 0 Å². The Morgan fingerprint density at radius 2 is 1.93 bits per heavy atom. The third kappa shape index (κ3) is 4.11. The summed E-state index contributed by atoms with van der Waals surface area (Å²) in [5.41, 5.74) is 3.71. The van der Waals surface area contributed by atoms with Crippen molar-refractivity contribution in [3.05, 3.63) is 60.9 Å². The van der Waals surface area contributed by atoms with Crippen molar-refractivity contribution in [1.82, 2.24) is 24.5 Å². The SMILES string of the molecule is CCOC(=O)[C@@H]1C2CCC(CC2)[C@H]1Cn1cc(-c2cccc(O)c2)c2cnc(-c3c[nH]c4ncc(F)cc34)nc21. The van der Waals surface area contributed by atoms with Gasteiger partial charge in [-0.15, -0.1) is 0 Å². The summed E-state index contributed by atoms with van der Waals surface area (Å²) in [6.07, 6.45) is 11.2. The van der Waals surface area contributed by atoms with E-state index in [2.05, 4.69) is 25.7 Å². The Morgan fingerprint density at radius 3 is 2.73 bits per heavy atom. The number of esters is 1. The Hall–Kier alpha value is -4.27. The van der Waals surface area contributed by atoms with Gasteiger partial charge in [-0.2, -0.15) is 0 Å². The molecule has 2 bridgehead atoms. The number of H-pyrrole nitrogens is 1. The molecule has 0 unspecified atom stereocenters. The monoisotopic (exact) mass is 539 g/mol. The molecule has 0 saturated heterocycles. The summed E-state index contributed by atoms with van der Waals surface area (Å²) in [7, 11) is 0. The number of halogens is 1. The number of hydrogen-bond acceptors (Lipinski definition) is 6. The molecule has 8 nitrogen and oxygen atoms in total. The van der Waals surface area contributed by atoms with E-state index in [1.807, 2.05) is 19.1 Å². The first-order valence-corrected chi connectivity index (χ1v) is 13.9. The first-order chi connectivity index (χ1) is 19.5. The van der Waals surface area contributed by atoms with Crippen molar-refractivity contribution in [2.24, 2.45) is 23.7 Å². The number of aromatic nitrogens is 5. The number of benzene rings is 1. The number of nitrogens with one attached hydrogen (secondary N) is 1. The molecule has 2 atom stereocenters. The number of aromatic amines is 1. The summed E-state index contributed by atoms with van der Waals surface area (Å²) < 4.78 is 21.7. The second-order valence-corrected chi connectivity index (χ2v) is 11.0. The number of pyridine rings is 1. The largest absolute Gasteiger partial charge is 0.508 e. The molecule has 0 spiro atoms. The van der Waals surface area contributed by atoms with Gasteiger partial charge in [-0.1, -0.05) is 12.1 Å². The smallest absolute Gasteiger partial charge is 0.309 e. The number of phenolic OH excluding ortho intramolecular Hbond substituents is 1. The molecule has 3 saturated carbocycles. The molecule has 9 heteroatoms. The van der Waals surface area contributed by atoms with Gasteiger partial charge in [0, 0.05) is 47.0 Å². The number of ether oxygens (including phenoxy) is 1. The van der Waals surface area contributed by atoms with Crippen molar-refractivity contribution in [3.63, 3.8) is 0 Å². The van der Waals surface area contributed by atoms with Crippen LogP contribution in [0.2, 0.25) is 0 Å². The van der Waals surface area contributed by atoms with E-state index in [4.69, 9.17) is 9.72 Å². The lowest BCUT2D eigenvalue weighted by Gasteiger charge is -2.47. The van der Waals surface area contributed by atoms with Gasteiger partial charge in [0.1, 0.15) is 22.9 Å². The number of nitrogens with zero attached hydrogens (tertiary/aromatic N) is 4. The van der Waals surface area contributed by atoms with Crippen LogP contribution in [-0.2, 0) is 16.1 Å². The van der Waals surface area contributed by atoms with Crippen LogP contribution in [0.25, 0.3) is 44.6 Å². The minimum Gasteiger partial charge on any atom is -0.508 e. The molecular formula is C31H30FN5O3. The molecule has 0 radical (unpaired) electrons. The quantitative estimate of drug-likeness (QED) is 0.253. The van der Waals surface area contributed by atoms with Gasteiger partial charge in [0.25, 0.3) is 0 Å². The fourth-order valence-corrected chi connectivity index (χ4v) is 7.07. The Balaban J connectivity index is 1.37. The first kappa shape index (κ1) is 24.7. The highest BCUT2D eigenvalue weighted by atomic mass is 19.1. The maximum atomic E-state index is 14.1. The molecule has 0 amide bonds. The van der Waals surface area contributed by atoms with Crippen LogP contribution in [-0.4, -0.2) is 42.2 Å². The number of carbonyl (C=O) groups excluding carboxylic acids is 1. The Bertz CT molecular complexity index is 1740. The summed E-state index contributed by atoms with van der Waals surface area (Å²) in [5, 5.41) is 11.6. The zero-order chi connectivity index (χ0) is 27.4. The minimum atomic E-state index is -0.429. The van der Waals surface area contributed by atoms with Crippen molar-refractivity contribution in [1.29, 1.82) is 0 Å². The summed E-state index contributed by atoms with van der Waals surface area (Å²) in [4.78, 5) is 30.1. The van der Waals surface area contributed by atoms with Crippen molar-refractivity contribution in [2.45, 2.75) is 39.2 Å². The summed E-state index contributed by atoms with van der Waals surface area (Å²) >= 11 is 0. The van der Waals surface area contributed by atoms with Gasteiger partial charge >= 0.3 is 5.97 Å². The number of fused-ring (bicyclic) bond motifs is 5. The molecule has 3 fully saturated rings. The first-order valence-electron chi connectivity index (χ1n) is 13.9. The Labute approximate surface area is 230 Å². The van der Waals surface area contributed by atoms with Crippen molar-refractivity contribution in [2.75, 3.05) is 6.61 Å². The van der Waals surface area contributed by atoms with E-state index in [-0.39, 0.29) is 23.6 Å². The molecule has 40 heavy (non-hydrogen) atoms. The Kier molecular flexibility index (Phi) is 6.02. The number of hydrogen-bond donors (Lipinski definition) is 2. The van der Waals surface area contributed by atoms with E-state index in [1.165, 1.54) is 12.3 Å². The molecule has 204 valence electrons. The second kappa shape index (κ2) is 9.73. The zero-order valence-corrected chi connectivity index (χ0v) is 22.2. The predicted octanol–water partition coefficient (Wildman–Crippen LogP) is 6.10. The van der Waals surface area contributed by atoms with E-state index in [9.17, 15) is 14.3 Å². The fourth-order valence-electron chi connectivity index (χ4n) is 7.07. The molecule has 8 rings (SSSR count). The number of rotatable bonds is 6. The third-order valence-electron chi connectivity index (χ3n) is 8.87. The van der Waals surface area contributed by atoms with Crippen molar-refractivity contribution in [3.8, 4) is 28.3 Å². The van der Waals surface area contributed by atoms with Crippen LogP contribution < -0.4 is 0 Å². The van der Waals surface area contributed by atoms with Crippen LogP contribution in [0.15, 0.2) is 55.1 Å². The maximum Gasteiger partial charge on any atom is 0.309 e.